The first-order valence-electron chi connectivity index (χ1n) is 7.17. The summed E-state index contributed by atoms with van der Waals surface area (Å²) in [6, 6.07) is 12.6. The highest BCUT2D eigenvalue weighted by Crippen LogP contribution is 2.38. The number of fused-ring (bicyclic) bond motifs is 1. The van der Waals surface area contributed by atoms with Crippen molar-refractivity contribution < 1.29 is 9.47 Å². The van der Waals surface area contributed by atoms with Crippen LogP contribution in [0.3, 0.4) is 0 Å². The minimum atomic E-state index is 0.604. The van der Waals surface area contributed by atoms with Crippen LogP contribution in [0.15, 0.2) is 40.9 Å². The summed E-state index contributed by atoms with van der Waals surface area (Å²) >= 11 is 3.55. The van der Waals surface area contributed by atoms with Crippen molar-refractivity contribution >= 4 is 21.6 Å². The van der Waals surface area contributed by atoms with Crippen molar-refractivity contribution in [3.05, 3.63) is 52.0 Å². The fourth-order valence-corrected chi connectivity index (χ4v) is 2.93. The topological polar surface area (TPSA) is 30.5 Å². The number of hydrogen-bond donors (Lipinski definition) is 1. The van der Waals surface area contributed by atoms with Crippen LogP contribution in [0.1, 0.15) is 18.1 Å². The normalized spacial score (nSPS) is 13.0. The van der Waals surface area contributed by atoms with Gasteiger partial charge in [0.1, 0.15) is 13.2 Å². The van der Waals surface area contributed by atoms with Crippen LogP contribution in [0.4, 0.5) is 5.69 Å². The maximum atomic E-state index is 5.64. The van der Waals surface area contributed by atoms with Crippen molar-refractivity contribution in [1.82, 2.24) is 0 Å². The van der Waals surface area contributed by atoms with Crippen molar-refractivity contribution in [2.45, 2.75) is 19.9 Å². The van der Waals surface area contributed by atoms with Gasteiger partial charge in [0.05, 0.1) is 4.47 Å². The predicted molar refractivity (Wildman–Crippen MR) is 88.3 cm³/mol. The minimum absolute atomic E-state index is 0.604. The third kappa shape index (κ3) is 3.32. The molecule has 0 saturated heterocycles. The summed E-state index contributed by atoms with van der Waals surface area (Å²) in [5.41, 5.74) is 3.63. The summed E-state index contributed by atoms with van der Waals surface area (Å²) in [7, 11) is 0. The molecule has 0 bridgehead atoms. The van der Waals surface area contributed by atoms with E-state index in [0.717, 1.165) is 40.2 Å². The van der Waals surface area contributed by atoms with Crippen molar-refractivity contribution in [3.8, 4) is 11.5 Å². The van der Waals surface area contributed by atoms with Gasteiger partial charge in [-0.25, -0.2) is 0 Å². The van der Waals surface area contributed by atoms with E-state index in [-0.39, 0.29) is 0 Å². The molecule has 21 heavy (non-hydrogen) atoms. The molecule has 2 aromatic rings. The molecule has 2 aromatic carbocycles. The third-order valence-electron chi connectivity index (χ3n) is 3.52. The van der Waals surface area contributed by atoms with E-state index in [0.29, 0.717) is 13.2 Å². The number of anilines is 1. The number of rotatable bonds is 4. The first kappa shape index (κ1) is 14.3. The summed E-state index contributed by atoms with van der Waals surface area (Å²) < 4.78 is 12.2. The molecule has 4 heteroatoms. The van der Waals surface area contributed by atoms with Crippen LogP contribution in [-0.4, -0.2) is 13.2 Å². The van der Waals surface area contributed by atoms with Gasteiger partial charge in [0.15, 0.2) is 11.5 Å². The van der Waals surface area contributed by atoms with Gasteiger partial charge in [-0.1, -0.05) is 19.1 Å². The van der Waals surface area contributed by atoms with Crippen LogP contribution >= 0.6 is 15.9 Å². The highest BCUT2D eigenvalue weighted by atomic mass is 79.9. The zero-order valence-corrected chi connectivity index (χ0v) is 13.6. The Labute approximate surface area is 133 Å². The van der Waals surface area contributed by atoms with E-state index in [9.17, 15) is 0 Å². The number of halogens is 1. The van der Waals surface area contributed by atoms with Gasteiger partial charge in [-0.2, -0.15) is 0 Å². The Morgan fingerprint density at radius 3 is 2.57 bits per heavy atom. The lowest BCUT2D eigenvalue weighted by Crippen LogP contribution is -2.16. The van der Waals surface area contributed by atoms with Crippen molar-refractivity contribution in [3.63, 3.8) is 0 Å². The average Bonchev–Trinajstić information content (AvgIpc) is 2.53. The van der Waals surface area contributed by atoms with Gasteiger partial charge >= 0.3 is 0 Å². The molecule has 0 spiro atoms. The molecule has 0 fully saturated rings. The Morgan fingerprint density at radius 1 is 1.05 bits per heavy atom. The second kappa shape index (κ2) is 6.39. The van der Waals surface area contributed by atoms with Crippen LogP contribution in [-0.2, 0) is 13.0 Å². The van der Waals surface area contributed by atoms with Gasteiger partial charge in [0, 0.05) is 12.2 Å². The predicted octanol–water partition coefficient (Wildman–Crippen LogP) is 4.39. The fourth-order valence-electron chi connectivity index (χ4n) is 2.33. The number of benzene rings is 2. The number of nitrogens with one attached hydrogen (secondary N) is 1. The summed E-state index contributed by atoms with van der Waals surface area (Å²) in [6.45, 7) is 4.12. The van der Waals surface area contributed by atoms with Crippen LogP contribution in [0.2, 0.25) is 0 Å². The van der Waals surface area contributed by atoms with Gasteiger partial charge in [-0.15, -0.1) is 0 Å². The molecule has 110 valence electrons. The Kier molecular flexibility index (Phi) is 4.34. The molecular formula is C17H18BrNO2. The maximum absolute atomic E-state index is 5.64. The van der Waals surface area contributed by atoms with Crippen molar-refractivity contribution in [2.24, 2.45) is 0 Å². The highest BCUT2D eigenvalue weighted by molar-refractivity contribution is 9.10. The quantitative estimate of drug-likeness (QED) is 0.889. The largest absolute Gasteiger partial charge is 0.486 e. The molecule has 1 aliphatic rings. The van der Waals surface area contributed by atoms with Gasteiger partial charge in [-0.05, 0) is 57.7 Å². The molecule has 0 aromatic heterocycles. The molecule has 0 amide bonds. The smallest absolute Gasteiger partial charge is 0.175 e. The molecule has 0 atom stereocenters. The number of ether oxygens (including phenoxy) is 2. The molecule has 1 aliphatic heterocycles. The lowest BCUT2D eigenvalue weighted by Gasteiger charge is -2.20. The first-order valence-corrected chi connectivity index (χ1v) is 7.96. The van der Waals surface area contributed by atoms with E-state index in [4.69, 9.17) is 9.47 Å². The summed E-state index contributed by atoms with van der Waals surface area (Å²) in [4.78, 5) is 0. The molecule has 1 N–H and O–H groups in total. The zero-order valence-electron chi connectivity index (χ0n) is 12.0. The van der Waals surface area contributed by atoms with E-state index in [1.165, 1.54) is 5.56 Å². The number of hydrogen-bond acceptors (Lipinski definition) is 3. The van der Waals surface area contributed by atoms with E-state index in [1.54, 1.807) is 0 Å². The molecule has 3 rings (SSSR count). The third-order valence-corrected chi connectivity index (χ3v) is 4.10. The summed E-state index contributed by atoms with van der Waals surface area (Å²) in [6.07, 6.45) is 1.06. The monoisotopic (exact) mass is 347 g/mol. The van der Waals surface area contributed by atoms with Crippen LogP contribution in [0.5, 0.6) is 11.5 Å². The minimum Gasteiger partial charge on any atom is -0.486 e. The molecule has 0 saturated carbocycles. The van der Waals surface area contributed by atoms with Gasteiger partial charge in [0.25, 0.3) is 0 Å². The Hall–Kier alpha value is -1.68. The van der Waals surface area contributed by atoms with E-state index in [1.807, 2.05) is 6.07 Å². The van der Waals surface area contributed by atoms with Gasteiger partial charge < -0.3 is 14.8 Å². The fraction of sp³-hybridized carbons (Fsp3) is 0.294. The molecular weight excluding hydrogens is 330 g/mol. The van der Waals surface area contributed by atoms with E-state index >= 15 is 0 Å². The van der Waals surface area contributed by atoms with E-state index < -0.39 is 0 Å². The Morgan fingerprint density at radius 2 is 1.81 bits per heavy atom. The van der Waals surface area contributed by atoms with Crippen molar-refractivity contribution in [1.29, 1.82) is 0 Å². The maximum Gasteiger partial charge on any atom is 0.175 e. The SMILES string of the molecule is CCc1ccc(NCc2cc(Br)c3c(c2)OCCO3)cc1. The van der Waals surface area contributed by atoms with Crippen LogP contribution < -0.4 is 14.8 Å². The zero-order chi connectivity index (χ0) is 14.7. The summed E-state index contributed by atoms with van der Waals surface area (Å²) in [5.74, 6) is 1.62. The molecule has 0 radical (unpaired) electrons. The number of aryl methyl sites for hydroxylation is 1. The van der Waals surface area contributed by atoms with Crippen LogP contribution in [0, 0.1) is 0 Å². The summed E-state index contributed by atoms with van der Waals surface area (Å²) in [5, 5.41) is 3.43. The van der Waals surface area contributed by atoms with Gasteiger partial charge in [-0.3, -0.25) is 0 Å². The van der Waals surface area contributed by atoms with Crippen molar-refractivity contribution in [2.75, 3.05) is 18.5 Å². The first-order chi connectivity index (χ1) is 10.3. The highest BCUT2D eigenvalue weighted by Gasteiger charge is 2.16. The molecule has 3 nitrogen and oxygen atoms in total. The molecule has 0 unspecified atom stereocenters. The lowest BCUT2D eigenvalue weighted by molar-refractivity contribution is 0.170. The lowest BCUT2D eigenvalue weighted by atomic mass is 10.1. The van der Waals surface area contributed by atoms with E-state index in [2.05, 4.69) is 58.5 Å². The molecule has 1 heterocycles. The second-order valence-corrected chi connectivity index (χ2v) is 5.86. The Bertz CT molecular complexity index is 625. The average molecular weight is 348 g/mol. The second-order valence-electron chi connectivity index (χ2n) is 5.01. The standard InChI is InChI=1S/C17H18BrNO2/c1-2-12-3-5-14(6-4-12)19-11-13-9-15(18)17-16(10-13)20-7-8-21-17/h3-6,9-10,19H,2,7-8,11H2,1H3. The Balaban J connectivity index is 1.71. The van der Waals surface area contributed by atoms with Gasteiger partial charge in [0.2, 0.25) is 0 Å². The molecule has 0 aliphatic carbocycles. The van der Waals surface area contributed by atoms with Crippen LogP contribution in [0.25, 0.3) is 0 Å².